The summed E-state index contributed by atoms with van der Waals surface area (Å²) >= 11 is 0. The van der Waals surface area contributed by atoms with Crippen molar-refractivity contribution in [2.24, 2.45) is 7.05 Å². The monoisotopic (exact) mass is 266 g/mol. The van der Waals surface area contributed by atoms with Crippen molar-refractivity contribution in [1.29, 1.82) is 0 Å². The van der Waals surface area contributed by atoms with E-state index in [-0.39, 0.29) is 5.91 Å². The van der Waals surface area contributed by atoms with E-state index in [4.69, 9.17) is 0 Å². The Morgan fingerprint density at radius 1 is 1.37 bits per heavy atom. The number of carbonyl (C=O) groups excluding carboxylic acids is 1. The summed E-state index contributed by atoms with van der Waals surface area (Å²) in [5.41, 5.74) is 1.47. The van der Waals surface area contributed by atoms with E-state index >= 15 is 0 Å². The van der Waals surface area contributed by atoms with Gasteiger partial charge in [-0.1, -0.05) is 0 Å². The van der Waals surface area contributed by atoms with Crippen molar-refractivity contribution in [2.75, 3.05) is 13.1 Å². The van der Waals surface area contributed by atoms with Gasteiger partial charge >= 0.3 is 0 Å². The normalized spacial score (nSPS) is 11.6. The highest BCUT2D eigenvalue weighted by Gasteiger charge is 2.15. The average molecular weight is 266 g/mol. The largest absolute Gasteiger partial charge is 0.349 e. The van der Waals surface area contributed by atoms with Crippen molar-refractivity contribution in [3.63, 3.8) is 0 Å². The van der Waals surface area contributed by atoms with Gasteiger partial charge in [0, 0.05) is 32.2 Å². The zero-order chi connectivity index (χ0) is 14.6. The Balaban J connectivity index is 2.49. The summed E-state index contributed by atoms with van der Waals surface area (Å²) in [6.45, 7) is 12.1. The molecule has 0 saturated heterocycles. The van der Waals surface area contributed by atoms with Crippen LogP contribution in [0.4, 0.5) is 0 Å². The molecule has 0 aliphatic rings. The molecule has 1 aromatic rings. The van der Waals surface area contributed by atoms with Gasteiger partial charge in [-0.2, -0.15) is 5.10 Å². The van der Waals surface area contributed by atoms with Crippen LogP contribution in [0.3, 0.4) is 0 Å². The maximum absolute atomic E-state index is 12.0. The van der Waals surface area contributed by atoms with Gasteiger partial charge < -0.3 is 5.32 Å². The van der Waals surface area contributed by atoms with Gasteiger partial charge in [-0.3, -0.25) is 14.4 Å². The van der Waals surface area contributed by atoms with Crippen LogP contribution in [0.5, 0.6) is 0 Å². The van der Waals surface area contributed by atoms with Crippen molar-refractivity contribution < 1.29 is 4.79 Å². The van der Waals surface area contributed by atoms with E-state index in [0.29, 0.717) is 24.3 Å². The van der Waals surface area contributed by atoms with Crippen LogP contribution in [0.2, 0.25) is 0 Å². The molecule has 1 N–H and O–H groups in total. The summed E-state index contributed by atoms with van der Waals surface area (Å²) < 4.78 is 1.62. The van der Waals surface area contributed by atoms with Crippen LogP contribution in [-0.4, -0.2) is 45.8 Å². The molecule has 0 aromatic carbocycles. The van der Waals surface area contributed by atoms with E-state index in [0.717, 1.165) is 12.2 Å². The lowest BCUT2D eigenvalue weighted by atomic mass is 10.2. The number of aromatic nitrogens is 2. The number of hydrogen-bond donors (Lipinski definition) is 1. The van der Waals surface area contributed by atoms with Crippen LogP contribution in [0.25, 0.3) is 0 Å². The third kappa shape index (κ3) is 4.35. The predicted molar refractivity (Wildman–Crippen MR) is 77.3 cm³/mol. The maximum Gasteiger partial charge on any atom is 0.269 e. The Hall–Kier alpha value is -1.36. The van der Waals surface area contributed by atoms with Crippen molar-refractivity contribution in [3.05, 3.63) is 17.5 Å². The molecular formula is C14H26N4O. The molecule has 0 aliphatic carbocycles. The molecule has 0 saturated carbocycles. The number of carbonyl (C=O) groups is 1. The molecule has 0 spiro atoms. The molecule has 1 aromatic heterocycles. The number of hydrogen-bond acceptors (Lipinski definition) is 3. The SMILES string of the molecule is Cc1cc(C(=O)NCCN(C(C)C)C(C)C)n(C)n1. The van der Waals surface area contributed by atoms with Gasteiger partial charge in [0.15, 0.2) is 0 Å². The zero-order valence-corrected chi connectivity index (χ0v) is 12.9. The minimum absolute atomic E-state index is 0.0597. The maximum atomic E-state index is 12.0. The van der Waals surface area contributed by atoms with E-state index in [9.17, 15) is 4.79 Å². The quantitative estimate of drug-likeness (QED) is 0.850. The molecule has 5 nitrogen and oxygen atoms in total. The predicted octanol–water partition coefficient (Wildman–Crippen LogP) is 1.58. The molecule has 0 radical (unpaired) electrons. The van der Waals surface area contributed by atoms with Crippen molar-refractivity contribution in [1.82, 2.24) is 20.0 Å². The first-order valence-electron chi connectivity index (χ1n) is 6.87. The van der Waals surface area contributed by atoms with Gasteiger partial charge in [0.2, 0.25) is 0 Å². The van der Waals surface area contributed by atoms with Crippen LogP contribution < -0.4 is 5.32 Å². The number of aryl methyl sites for hydroxylation is 2. The molecule has 0 fully saturated rings. The molecule has 0 bridgehead atoms. The molecule has 1 heterocycles. The Bertz CT molecular complexity index is 415. The Morgan fingerprint density at radius 2 is 1.95 bits per heavy atom. The topological polar surface area (TPSA) is 50.2 Å². The second-order valence-corrected chi connectivity index (χ2v) is 5.48. The van der Waals surface area contributed by atoms with Crippen LogP contribution in [0.15, 0.2) is 6.07 Å². The molecule has 1 amide bonds. The summed E-state index contributed by atoms with van der Waals surface area (Å²) in [5.74, 6) is -0.0597. The van der Waals surface area contributed by atoms with Gasteiger partial charge in [-0.05, 0) is 40.7 Å². The Labute approximate surface area is 116 Å². The summed E-state index contributed by atoms with van der Waals surface area (Å²) in [4.78, 5) is 14.4. The fourth-order valence-corrected chi connectivity index (χ4v) is 2.32. The number of rotatable bonds is 6. The van der Waals surface area contributed by atoms with Gasteiger partial charge in [-0.25, -0.2) is 0 Å². The molecule has 0 aliphatic heterocycles. The Morgan fingerprint density at radius 3 is 2.37 bits per heavy atom. The standard InChI is InChI=1S/C14H26N4O/c1-10(2)18(11(3)4)8-7-15-14(19)13-9-12(5)16-17(13)6/h9-11H,7-8H2,1-6H3,(H,15,19). The van der Waals surface area contributed by atoms with Gasteiger partial charge in [0.1, 0.15) is 5.69 Å². The van der Waals surface area contributed by atoms with E-state index in [1.54, 1.807) is 17.8 Å². The summed E-state index contributed by atoms with van der Waals surface area (Å²) in [6.07, 6.45) is 0. The third-order valence-electron chi connectivity index (χ3n) is 3.22. The molecule has 19 heavy (non-hydrogen) atoms. The molecule has 5 heteroatoms. The van der Waals surface area contributed by atoms with E-state index in [1.165, 1.54) is 0 Å². The first-order chi connectivity index (χ1) is 8.82. The first kappa shape index (κ1) is 15.7. The van der Waals surface area contributed by atoms with Gasteiger partial charge in [-0.15, -0.1) is 0 Å². The van der Waals surface area contributed by atoms with Gasteiger partial charge in [0.05, 0.1) is 5.69 Å². The smallest absolute Gasteiger partial charge is 0.269 e. The fraction of sp³-hybridized carbons (Fsp3) is 0.714. The minimum atomic E-state index is -0.0597. The second-order valence-electron chi connectivity index (χ2n) is 5.48. The lowest BCUT2D eigenvalue weighted by molar-refractivity contribution is 0.0930. The number of nitrogens with one attached hydrogen (secondary N) is 1. The lowest BCUT2D eigenvalue weighted by Gasteiger charge is -2.30. The average Bonchev–Trinajstić information content (AvgIpc) is 2.62. The molecule has 0 atom stereocenters. The lowest BCUT2D eigenvalue weighted by Crippen LogP contribution is -2.42. The van der Waals surface area contributed by atoms with Crippen molar-refractivity contribution >= 4 is 5.91 Å². The first-order valence-corrected chi connectivity index (χ1v) is 6.87. The molecule has 1 rings (SSSR count). The molecule has 108 valence electrons. The second kappa shape index (κ2) is 6.70. The van der Waals surface area contributed by atoms with Gasteiger partial charge in [0.25, 0.3) is 5.91 Å². The van der Waals surface area contributed by atoms with Crippen LogP contribution in [-0.2, 0) is 7.05 Å². The van der Waals surface area contributed by atoms with Crippen LogP contribution >= 0.6 is 0 Å². The van der Waals surface area contributed by atoms with E-state index in [1.807, 2.05) is 6.92 Å². The molecule has 0 unspecified atom stereocenters. The number of amides is 1. The number of nitrogens with zero attached hydrogens (tertiary/aromatic N) is 3. The highest BCUT2D eigenvalue weighted by atomic mass is 16.2. The van der Waals surface area contributed by atoms with E-state index < -0.39 is 0 Å². The van der Waals surface area contributed by atoms with E-state index in [2.05, 4.69) is 43.0 Å². The highest BCUT2D eigenvalue weighted by molar-refractivity contribution is 5.92. The third-order valence-corrected chi connectivity index (χ3v) is 3.22. The van der Waals surface area contributed by atoms with Crippen molar-refractivity contribution in [2.45, 2.75) is 46.7 Å². The summed E-state index contributed by atoms with van der Waals surface area (Å²) in [6, 6.07) is 2.77. The Kier molecular flexibility index (Phi) is 5.54. The van der Waals surface area contributed by atoms with Crippen LogP contribution in [0, 0.1) is 6.92 Å². The van der Waals surface area contributed by atoms with Crippen LogP contribution in [0.1, 0.15) is 43.9 Å². The van der Waals surface area contributed by atoms with Crippen molar-refractivity contribution in [3.8, 4) is 0 Å². The zero-order valence-electron chi connectivity index (χ0n) is 12.9. The highest BCUT2D eigenvalue weighted by Crippen LogP contribution is 2.04. The fourth-order valence-electron chi connectivity index (χ4n) is 2.32. The minimum Gasteiger partial charge on any atom is -0.349 e. The summed E-state index contributed by atoms with van der Waals surface area (Å²) in [5, 5.41) is 7.13. The molecular weight excluding hydrogens is 240 g/mol. The summed E-state index contributed by atoms with van der Waals surface area (Å²) in [7, 11) is 1.79.